The fourth-order valence-corrected chi connectivity index (χ4v) is 5.13. The topological polar surface area (TPSA) is 73.7 Å². The second-order valence-corrected chi connectivity index (χ2v) is 9.53. The van der Waals surface area contributed by atoms with Crippen LogP contribution in [0.5, 0.6) is 0 Å². The molecular weight excluding hydrogens is 424 g/mol. The van der Waals surface area contributed by atoms with Gasteiger partial charge in [0.1, 0.15) is 5.82 Å². The van der Waals surface area contributed by atoms with E-state index in [2.05, 4.69) is 4.98 Å². The van der Waals surface area contributed by atoms with Gasteiger partial charge in [-0.05, 0) is 43.2 Å². The lowest BCUT2D eigenvalue weighted by Crippen LogP contribution is -2.49. The molecule has 2 aromatic rings. The molecule has 1 saturated heterocycles. The molecule has 0 aliphatic carbocycles. The SMILES string of the molecule is C/C=C/C(F)(F)c1cccnc1N1CCN(S(=O)(=O)Cc2cccc(C(C)O)c2)CC1. The van der Waals surface area contributed by atoms with Crippen LogP contribution in [-0.2, 0) is 21.7 Å². The maximum Gasteiger partial charge on any atom is 0.295 e. The molecule has 1 fully saturated rings. The smallest absolute Gasteiger partial charge is 0.295 e. The van der Waals surface area contributed by atoms with E-state index in [4.69, 9.17) is 0 Å². The van der Waals surface area contributed by atoms with Crippen molar-refractivity contribution in [3.8, 4) is 0 Å². The summed E-state index contributed by atoms with van der Waals surface area (Å²) < 4.78 is 56.1. The van der Waals surface area contributed by atoms with Gasteiger partial charge in [0, 0.05) is 32.4 Å². The molecule has 1 aromatic heterocycles. The molecule has 1 N–H and O–H groups in total. The number of alkyl halides is 2. The van der Waals surface area contributed by atoms with Crippen molar-refractivity contribution in [2.75, 3.05) is 31.1 Å². The Kier molecular flexibility index (Phi) is 7.08. The number of hydrogen-bond acceptors (Lipinski definition) is 5. The number of aliphatic hydroxyl groups excluding tert-OH is 1. The standard InChI is InChI=1S/C22H27F2N3O3S/c1-3-9-22(23,24)20-8-5-10-25-21(20)26-11-13-27(14-12-26)31(29,30)16-18-6-4-7-19(15-18)17(2)28/h3-10,15,17,28H,11-14,16H2,1-2H3/b9-3+. The number of hydrogen-bond donors (Lipinski definition) is 1. The zero-order chi connectivity index (χ0) is 22.6. The maximum atomic E-state index is 14.5. The van der Waals surface area contributed by atoms with E-state index in [0.717, 1.165) is 6.08 Å². The monoisotopic (exact) mass is 451 g/mol. The van der Waals surface area contributed by atoms with Crippen LogP contribution >= 0.6 is 0 Å². The Morgan fingerprint density at radius 1 is 1.19 bits per heavy atom. The van der Waals surface area contributed by atoms with E-state index in [0.29, 0.717) is 11.1 Å². The summed E-state index contributed by atoms with van der Waals surface area (Å²) in [6.07, 6.45) is 2.91. The summed E-state index contributed by atoms with van der Waals surface area (Å²) in [5.74, 6) is -3.16. The third-order valence-electron chi connectivity index (χ3n) is 5.24. The summed E-state index contributed by atoms with van der Waals surface area (Å²) in [6.45, 7) is 4.06. The van der Waals surface area contributed by atoms with Gasteiger partial charge < -0.3 is 10.0 Å². The van der Waals surface area contributed by atoms with Gasteiger partial charge in [0.15, 0.2) is 0 Å². The normalized spacial score (nSPS) is 17.3. The summed E-state index contributed by atoms with van der Waals surface area (Å²) >= 11 is 0. The van der Waals surface area contributed by atoms with Crippen molar-refractivity contribution in [2.24, 2.45) is 0 Å². The Balaban J connectivity index is 1.72. The van der Waals surface area contributed by atoms with Crippen molar-refractivity contribution >= 4 is 15.8 Å². The molecule has 1 aromatic carbocycles. The van der Waals surface area contributed by atoms with Gasteiger partial charge in [-0.25, -0.2) is 13.4 Å². The zero-order valence-electron chi connectivity index (χ0n) is 17.6. The lowest BCUT2D eigenvalue weighted by molar-refractivity contribution is 0.0520. The van der Waals surface area contributed by atoms with Crippen LogP contribution in [0.3, 0.4) is 0 Å². The minimum atomic E-state index is -3.59. The first kappa shape index (κ1) is 23.3. The summed E-state index contributed by atoms with van der Waals surface area (Å²) in [4.78, 5) is 5.85. The number of aromatic nitrogens is 1. The molecule has 0 amide bonds. The maximum absolute atomic E-state index is 14.5. The van der Waals surface area contributed by atoms with Crippen molar-refractivity contribution in [1.82, 2.24) is 9.29 Å². The molecule has 6 nitrogen and oxygen atoms in total. The summed E-state index contributed by atoms with van der Waals surface area (Å²) in [7, 11) is -3.59. The van der Waals surface area contributed by atoms with Gasteiger partial charge in [-0.15, -0.1) is 0 Å². The number of benzene rings is 1. The van der Waals surface area contributed by atoms with Crippen LogP contribution in [0.15, 0.2) is 54.7 Å². The van der Waals surface area contributed by atoms with E-state index in [1.165, 1.54) is 35.6 Å². The van der Waals surface area contributed by atoms with Gasteiger partial charge >= 0.3 is 0 Å². The molecule has 31 heavy (non-hydrogen) atoms. The van der Waals surface area contributed by atoms with Crippen molar-refractivity contribution in [1.29, 1.82) is 0 Å². The van der Waals surface area contributed by atoms with Gasteiger partial charge in [-0.3, -0.25) is 0 Å². The van der Waals surface area contributed by atoms with Crippen LogP contribution < -0.4 is 4.90 Å². The summed E-state index contributed by atoms with van der Waals surface area (Å²) in [5, 5.41) is 9.72. The highest BCUT2D eigenvalue weighted by Crippen LogP contribution is 2.35. The number of pyridine rings is 1. The van der Waals surface area contributed by atoms with Crippen molar-refractivity contribution in [3.05, 3.63) is 71.4 Å². The Morgan fingerprint density at radius 2 is 1.90 bits per heavy atom. The first-order valence-corrected chi connectivity index (χ1v) is 11.7. The minimum absolute atomic E-state index is 0.173. The number of allylic oxidation sites excluding steroid dienone is 2. The summed E-state index contributed by atoms with van der Waals surface area (Å²) in [5.41, 5.74) is 1.06. The van der Waals surface area contributed by atoms with Gasteiger partial charge in [0.05, 0.1) is 17.4 Å². The van der Waals surface area contributed by atoms with Crippen LogP contribution in [0.1, 0.15) is 36.6 Å². The number of aliphatic hydroxyl groups is 1. The number of rotatable bonds is 7. The second-order valence-electron chi connectivity index (χ2n) is 7.56. The Labute approximate surface area is 181 Å². The predicted octanol–water partition coefficient (Wildman–Crippen LogP) is 3.45. The van der Waals surface area contributed by atoms with Crippen LogP contribution in [-0.4, -0.2) is 49.0 Å². The fourth-order valence-electron chi connectivity index (χ4n) is 3.63. The van der Waals surface area contributed by atoms with E-state index in [-0.39, 0.29) is 43.3 Å². The highest BCUT2D eigenvalue weighted by Gasteiger charge is 2.35. The van der Waals surface area contributed by atoms with E-state index in [1.54, 1.807) is 36.1 Å². The third-order valence-corrected chi connectivity index (χ3v) is 7.09. The molecule has 0 spiro atoms. The fraction of sp³-hybridized carbons (Fsp3) is 0.409. The first-order valence-electron chi connectivity index (χ1n) is 10.1. The van der Waals surface area contributed by atoms with Gasteiger partial charge in [0.2, 0.25) is 10.0 Å². The Morgan fingerprint density at radius 3 is 2.55 bits per heavy atom. The highest BCUT2D eigenvalue weighted by molar-refractivity contribution is 7.88. The Hall–Kier alpha value is -2.36. The molecule has 0 radical (unpaired) electrons. The van der Waals surface area contributed by atoms with E-state index in [9.17, 15) is 22.3 Å². The lowest BCUT2D eigenvalue weighted by Gasteiger charge is -2.36. The van der Waals surface area contributed by atoms with Crippen LogP contribution in [0, 0.1) is 0 Å². The Bertz CT molecular complexity index is 1030. The average Bonchev–Trinajstić information content (AvgIpc) is 2.74. The molecular formula is C22H27F2N3O3S. The molecule has 2 heterocycles. The number of nitrogens with zero attached hydrogens (tertiary/aromatic N) is 3. The molecule has 168 valence electrons. The molecule has 1 aliphatic heterocycles. The van der Waals surface area contributed by atoms with E-state index < -0.39 is 22.0 Å². The van der Waals surface area contributed by atoms with Crippen molar-refractivity contribution < 1.29 is 22.3 Å². The second kappa shape index (κ2) is 9.42. The molecule has 3 rings (SSSR count). The molecule has 1 unspecified atom stereocenters. The van der Waals surface area contributed by atoms with Gasteiger partial charge in [-0.1, -0.05) is 30.3 Å². The third kappa shape index (κ3) is 5.47. The minimum Gasteiger partial charge on any atom is -0.389 e. The summed E-state index contributed by atoms with van der Waals surface area (Å²) in [6, 6.07) is 9.68. The van der Waals surface area contributed by atoms with Gasteiger partial charge in [-0.2, -0.15) is 13.1 Å². The predicted molar refractivity (Wildman–Crippen MR) is 116 cm³/mol. The van der Waals surface area contributed by atoms with Crippen LogP contribution in [0.2, 0.25) is 0 Å². The average molecular weight is 452 g/mol. The van der Waals surface area contributed by atoms with Crippen molar-refractivity contribution in [2.45, 2.75) is 31.6 Å². The molecule has 0 bridgehead atoms. The molecule has 0 saturated carbocycles. The first-order chi connectivity index (χ1) is 14.6. The number of piperazine rings is 1. The lowest BCUT2D eigenvalue weighted by atomic mass is 10.1. The van der Waals surface area contributed by atoms with Crippen LogP contribution in [0.4, 0.5) is 14.6 Å². The quantitative estimate of drug-likeness (QED) is 0.653. The molecule has 1 aliphatic rings. The molecule has 1 atom stereocenters. The largest absolute Gasteiger partial charge is 0.389 e. The number of halogens is 2. The van der Waals surface area contributed by atoms with Crippen molar-refractivity contribution in [3.63, 3.8) is 0 Å². The van der Waals surface area contributed by atoms with E-state index in [1.807, 2.05) is 0 Å². The van der Waals surface area contributed by atoms with E-state index >= 15 is 0 Å². The number of sulfonamides is 1. The van der Waals surface area contributed by atoms with Crippen LogP contribution in [0.25, 0.3) is 0 Å². The number of anilines is 1. The zero-order valence-corrected chi connectivity index (χ0v) is 18.4. The van der Waals surface area contributed by atoms with Gasteiger partial charge in [0.25, 0.3) is 5.92 Å². The molecule has 9 heteroatoms. The highest BCUT2D eigenvalue weighted by atomic mass is 32.2.